The van der Waals surface area contributed by atoms with Crippen molar-refractivity contribution in [3.8, 4) is 0 Å². The molecule has 0 aliphatic carbocycles. The minimum atomic E-state index is -0.793. The predicted octanol–water partition coefficient (Wildman–Crippen LogP) is 0.944. The van der Waals surface area contributed by atoms with Crippen LogP contribution in [0.1, 0.15) is 39.3 Å². The van der Waals surface area contributed by atoms with Gasteiger partial charge < -0.3 is 10.1 Å². The van der Waals surface area contributed by atoms with E-state index in [9.17, 15) is 4.79 Å². The molecule has 1 N–H and O–H groups in total. The third-order valence-corrected chi connectivity index (χ3v) is 3.17. The molecule has 1 heterocycles. The first kappa shape index (κ1) is 15.6. The lowest BCUT2D eigenvalue weighted by atomic mass is 10.0. The number of nitrogens with zero attached hydrogens (tertiary/aromatic N) is 3. The maximum absolute atomic E-state index is 12.0. The fourth-order valence-electron chi connectivity index (χ4n) is 1.80. The van der Waals surface area contributed by atoms with Crippen molar-refractivity contribution in [2.45, 2.75) is 52.6 Å². The van der Waals surface area contributed by atoms with Gasteiger partial charge in [0.15, 0.2) is 5.82 Å². The molecule has 0 radical (unpaired) electrons. The highest BCUT2D eigenvalue weighted by atomic mass is 16.5. The molecule has 0 amide bonds. The summed E-state index contributed by atoms with van der Waals surface area (Å²) in [5.74, 6) is 1.43. The lowest BCUT2D eigenvalue weighted by Crippen LogP contribution is -2.52. The normalized spacial score (nSPS) is 14.2. The fourth-order valence-corrected chi connectivity index (χ4v) is 1.80. The number of ether oxygens (including phenoxy) is 1. The molecular formula is C13H24N4O2. The van der Waals surface area contributed by atoms with Crippen molar-refractivity contribution in [1.82, 2.24) is 20.1 Å². The van der Waals surface area contributed by atoms with Crippen LogP contribution in [-0.2, 0) is 28.9 Å². The summed E-state index contributed by atoms with van der Waals surface area (Å²) in [7, 11) is 1.75. The summed E-state index contributed by atoms with van der Waals surface area (Å²) in [6.45, 7) is 8.45. The van der Waals surface area contributed by atoms with Gasteiger partial charge in [-0.25, -0.2) is 14.5 Å². The summed E-state index contributed by atoms with van der Waals surface area (Å²) < 4.78 is 6.91. The molecule has 0 bridgehead atoms. The number of aromatic nitrogens is 3. The van der Waals surface area contributed by atoms with Crippen molar-refractivity contribution in [2.75, 3.05) is 13.7 Å². The first-order chi connectivity index (χ1) is 9.00. The van der Waals surface area contributed by atoms with Crippen LogP contribution in [0.25, 0.3) is 0 Å². The highest BCUT2D eigenvalue weighted by Crippen LogP contribution is 2.12. The molecule has 1 atom stereocenters. The average Bonchev–Trinajstić information content (AvgIpc) is 2.80. The number of carbonyl (C=O) groups excluding carboxylic acids is 1. The van der Waals surface area contributed by atoms with Crippen LogP contribution in [0.15, 0.2) is 0 Å². The first-order valence-corrected chi connectivity index (χ1v) is 6.79. The Morgan fingerprint density at radius 1 is 1.37 bits per heavy atom. The van der Waals surface area contributed by atoms with E-state index in [1.165, 1.54) is 0 Å². The molecule has 0 saturated heterocycles. The van der Waals surface area contributed by atoms with Crippen molar-refractivity contribution < 1.29 is 9.53 Å². The second-order valence-corrected chi connectivity index (χ2v) is 4.61. The van der Waals surface area contributed by atoms with Crippen molar-refractivity contribution in [3.63, 3.8) is 0 Å². The van der Waals surface area contributed by atoms with Crippen LogP contribution in [0.5, 0.6) is 0 Å². The SMILES string of the molecule is CCOC(=O)C(C)(Cn1nc(CC)nc1CC)NC. The monoisotopic (exact) mass is 268 g/mol. The van der Waals surface area contributed by atoms with Crippen LogP contribution in [0.2, 0.25) is 0 Å². The molecule has 6 heteroatoms. The maximum atomic E-state index is 12.0. The summed E-state index contributed by atoms with van der Waals surface area (Å²) in [5.41, 5.74) is -0.793. The zero-order valence-corrected chi connectivity index (χ0v) is 12.5. The molecule has 19 heavy (non-hydrogen) atoms. The molecule has 1 rings (SSSR count). The summed E-state index contributed by atoms with van der Waals surface area (Å²) in [5, 5.41) is 7.46. The Labute approximate surface area is 114 Å². The molecule has 108 valence electrons. The lowest BCUT2D eigenvalue weighted by molar-refractivity contribution is -0.151. The zero-order valence-electron chi connectivity index (χ0n) is 12.5. The van der Waals surface area contributed by atoms with Crippen LogP contribution in [-0.4, -0.2) is 39.9 Å². The number of carbonyl (C=O) groups is 1. The van der Waals surface area contributed by atoms with E-state index in [2.05, 4.69) is 15.4 Å². The minimum Gasteiger partial charge on any atom is -0.465 e. The Morgan fingerprint density at radius 2 is 2.05 bits per heavy atom. The van der Waals surface area contributed by atoms with E-state index in [1.54, 1.807) is 18.7 Å². The first-order valence-electron chi connectivity index (χ1n) is 6.79. The van der Waals surface area contributed by atoms with Gasteiger partial charge in [-0.05, 0) is 20.9 Å². The van der Waals surface area contributed by atoms with Crippen LogP contribution >= 0.6 is 0 Å². The van der Waals surface area contributed by atoms with Gasteiger partial charge in [0.1, 0.15) is 11.4 Å². The largest absolute Gasteiger partial charge is 0.465 e. The van der Waals surface area contributed by atoms with Crippen LogP contribution < -0.4 is 5.32 Å². The highest BCUT2D eigenvalue weighted by molar-refractivity contribution is 5.80. The third-order valence-electron chi connectivity index (χ3n) is 3.17. The van der Waals surface area contributed by atoms with E-state index in [4.69, 9.17) is 4.74 Å². The number of nitrogens with one attached hydrogen (secondary N) is 1. The van der Waals surface area contributed by atoms with Crippen molar-refractivity contribution in [3.05, 3.63) is 11.6 Å². The zero-order chi connectivity index (χ0) is 14.5. The van der Waals surface area contributed by atoms with E-state index in [0.29, 0.717) is 13.2 Å². The number of aryl methyl sites for hydroxylation is 2. The van der Waals surface area contributed by atoms with Gasteiger partial charge in [0.05, 0.1) is 13.2 Å². The van der Waals surface area contributed by atoms with E-state index in [0.717, 1.165) is 24.5 Å². The number of esters is 1. The van der Waals surface area contributed by atoms with Gasteiger partial charge in [-0.15, -0.1) is 0 Å². The number of hydrogen-bond acceptors (Lipinski definition) is 5. The standard InChI is InChI=1S/C13H24N4O2/c1-6-10-15-11(7-2)17(16-10)9-13(4,14-5)12(18)19-8-3/h14H,6-9H2,1-5H3. The Bertz CT molecular complexity index is 430. The molecule has 0 fully saturated rings. The van der Waals surface area contributed by atoms with Gasteiger partial charge >= 0.3 is 5.97 Å². The molecule has 6 nitrogen and oxygen atoms in total. The summed E-state index contributed by atoms with van der Waals surface area (Å²) in [6, 6.07) is 0. The molecule has 1 aromatic heterocycles. The van der Waals surface area contributed by atoms with Crippen LogP contribution in [0.4, 0.5) is 0 Å². The topological polar surface area (TPSA) is 69.0 Å². The predicted molar refractivity (Wildman–Crippen MR) is 72.9 cm³/mol. The summed E-state index contributed by atoms with van der Waals surface area (Å²) >= 11 is 0. The van der Waals surface area contributed by atoms with Gasteiger partial charge in [0, 0.05) is 12.8 Å². The molecule has 0 aliphatic heterocycles. The van der Waals surface area contributed by atoms with E-state index in [1.807, 2.05) is 20.8 Å². The molecule has 0 saturated carbocycles. The Hall–Kier alpha value is -1.43. The smallest absolute Gasteiger partial charge is 0.327 e. The average molecular weight is 268 g/mol. The third kappa shape index (κ3) is 3.53. The fraction of sp³-hybridized carbons (Fsp3) is 0.769. The van der Waals surface area contributed by atoms with Crippen LogP contribution in [0.3, 0.4) is 0 Å². The maximum Gasteiger partial charge on any atom is 0.327 e. The number of rotatable bonds is 7. The minimum absolute atomic E-state index is 0.270. The quantitative estimate of drug-likeness (QED) is 0.745. The Kier molecular flexibility index (Phi) is 5.47. The highest BCUT2D eigenvalue weighted by Gasteiger charge is 2.34. The second kappa shape index (κ2) is 6.65. The second-order valence-electron chi connectivity index (χ2n) is 4.61. The molecule has 0 aromatic carbocycles. The van der Waals surface area contributed by atoms with Gasteiger partial charge in [-0.1, -0.05) is 13.8 Å². The Balaban J connectivity index is 2.97. The van der Waals surface area contributed by atoms with E-state index in [-0.39, 0.29) is 5.97 Å². The summed E-state index contributed by atoms with van der Waals surface area (Å²) in [6.07, 6.45) is 1.57. The molecule has 0 spiro atoms. The molecule has 1 aromatic rings. The van der Waals surface area contributed by atoms with E-state index >= 15 is 0 Å². The Morgan fingerprint density at radius 3 is 2.53 bits per heavy atom. The van der Waals surface area contributed by atoms with Gasteiger partial charge in [-0.2, -0.15) is 5.10 Å². The van der Waals surface area contributed by atoms with Gasteiger partial charge in [0.2, 0.25) is 0 Å². The van der Waals surface area contributed by atoms with Gasteiger partial charge in [0.25, 0.3) is 0 Å². The van der Waals surface area contributed by atoms with Crippen molar-refractivity contribution >= 4 is 5.97 Å². The summed E-state index contributed by atoms with van der Waals surface area (Å²) in [4.78, 5) is 16.5. The number of likely N-dealkylation sites (N-methyl/N-ethyl adjacent to an activating group) is 1. The molecule has 0 aliphatic rings. The lowest BCUT2D eigenvalue weighted by Gasteiger charge is -2.26. The number of hydrogen-bond donors (Lipinski definition) is 1. The van der Waals surface area contributed by atoms with Crippen LogP contribution in [0, 0.1) is 0 Å². The molecular weight excluding hydrogens is 244 g/mol. The van der Waals surface area contributed by atoms with Gasteiger partial charge in [-0.3, -0.25) is 0 Å². The molecule has 1 unspecified atom stereocenters. The van der Waals surface area contributed by atoms with Crippen molar-refractivity contribution in [2.24, 2.45) is 0 Å². The van der Waals surface area contributed by atoms with Crippen molar-refractivity contribution in [1.29, 1.82) is 0 Å². The van der Waals surface area contributed by atoms with E-state index < -0.39 is 5.54 Å².